The molecule has 1 N–H and O–H groups in total. The Kier molecular flexibility index (Phi) is 8.00. The van der Waals surface area contributed by atoms with Crippen molar-refractivity contribution in [3.05, 3.63) is 82.1 Å². The summed E-state index contributed by atoms with van der Waals surface area (Å²) in [4.78, 5) is 25.8. The van der Waals surface area contributed by atoms with E-state index in [-0.39, 0.29) is 11.1 Å². The molecule has 1 saturated heterocycles. The fourth-order valence-corrected chi connectivity index (χ4v) is 3.98. The lowest BCUT2D eigenvalue weighted by Gasteiger charge is -2.35. The van der Waals surface area contributed by atoms with Crippen molar-refractivity contribution >= 4 is 46.7 Å². The highest BCUT2D eigenvalue weighted by Gasteiger charge is 2.22. The predicted octanol–water partition coefficient (Wildman–Crippen LogP) is 4.88. The molecular formula is C25H25Cl2N5O2. The minimum atomic E-state index is -0.275. The first-order valence-corrected chi connectivity index (χ1v) is 11.6. The van der Waals surface area contributed by atoms with Gasteiger partial charge < -0.3 is 15.0 Å². The largest absolute Gasteiger partial charge is 0.481 e. The van der Waals surface area contributed by atoms with Crippen molar-refractivity contribution in [2.24, 2.45) is 0 Å². The van der Waals surface area contributed by atoms with Crippen LogP contribution in [-0.4, -0.2) is 60.6 Å². The maximum atomic E-state index is 12.8. The van der Waals surface area contributed by atoms with E-state index >= 15 is 0 Å². The fraction of sp³-hybridized carbons (Fsp3) is 0.240. The number of rotatable bonds is 7. The Balaban J connectivity index is 1.40. The first-order valence-electron chi connectivity index (χ1n) is 10.9. The molecule has 0 radical (unpaired) electrons. The number of amides is 1. The molecule has 3 aromatic rings. The quantitative estimate of drug-likeness (QED) is 0.469. The van der Waals surface area contributed by atoms with Crippen LogP contribution in [0.25, 0.3) is 6.08 Å². The summed E-state index contributed by atoms with van der Waals surface area (Å²) in [5, 5.41) is 3.95. The summed E-state index contributed by atoms with van der Waals surface area (Å²) in [6.07, 6.45) is 5.77. The minimum absolute atomic E-state index is 0.266. The summed E-state index contributed by atoms with van der Waals surface area (Å²) >= 11 is 11.9. The third kappa shape index (κ3) is 6.26. The van der Waals surface area contributed by atoms with E-state index in [1.807, 2.05) is 30.3 Å². The Hall–Kier alpha value is -3.13. The molecule has 0 bridgehead atoms. The van der Waals surface area contributed by atoms with Gasteiger partial charge in [-0.25, -0.2) is 4.98 Å². The van der Waals surface area contributed by atoms with Crippen molar-refractivity contribution in [3.8, 4) is 5.88 Å². The third-order valence-electron chi connectivity index (χ3n) is 5.51. The molecule has 1 amide bonds. The molecule has 3 heterocycles. The smallest absolute Gasteiger partial charge is 0.255 e. The number of pyridine rings is 2. The summed E-state index contributed by atoms with van der Waals surface area (Å²) in [6, 6.07) is 14.5. The molecule has 1 aliphatic heterocycles. The van der Waals surface area contributed by atoms with E-state index in [1.165, 1.54) is 12.3 Å². The second-order valence-electron chi connectivity index (χ2n) is 7.79. The number of hydrogen-bond donors (Lipinski definition) is 1. The number of carbonyl (C=O) groups is 1. The van der Waals surface area contributed by atoms with Crippen molar-refractivity contribution in [1.82, 2.24) is 14.9 Å². The topological polar surface area (TPSA) is 70.6 Å². The molecular weight excluding hydrogens is 473 g/mol. The Morgan fingerprint density at radius 1 is 1.09 bits per heavy atom. The lowest BCUT2D eigenvalue weighted by Crippen LogP contribution is -2.46. The predicted molar refractivity (Wildman–Crippen MR) is 137 cm³/mol. The second kappa shape index (κ2) is 11.3. The third-order valence-corrected chi connectivity index (χ3v) is 5.97. The maximum absolute atomic E-state index is 12.8. The summed E-state index contributed by atoms with van der Waals surface area (Å²) in [5.41, 5.74) is 2.17. The Bertz CT molecular complexity index is 1160. The average molecular weight is 498 g/mol. The van der Waals surface area contributed by atoms with Crippen LogP contribution in [0.5, 0.6) is 5.88 Å². The number of halogens is 2. The number of aromatic nitrogens is 2. The average Bonchev–Trinajstić information content (AvgIpc) is 2.86. The second-order valence-corrected chi connectivity index (χ2v) is 8.61. The molecule has 2 aromatic heterocycles. The monoisotopic (exact) mass is 497 g/mol. The number of anilines is 2. The molecule has 0 spiro atoms. The lowest BCUT2D eigenvalue weighted by atomic mass is 10.2. The molecule has 0 unspecified atom stereocenters. The van der Waals surface area contributed by atoms with E-state index in [0.29, 0.717) is 22.9 Å². The summed E-state index contributed by atoms with van der Waals surface area (Å²) < 4.78 is 5.33. The van der Waals surface area contributed by atoms with E-state index in [9.17, 15) is 4.79 Å². The highest BCUT2D eigenvalue weighted by molar-refractivity contribution is 6.30. The van der Waals surface area contributed by atoms with Crippen molar-refractivity contribution in [2.75, 3.05) is 50.1 Å². The van der Waals surface area contributed by atoms with E-state index in [2.05, 4.69) is 37.2 Å². The highest BCUT2D eigenvalue weighted by Crippen LogP contribution is 2.28. The molecule has 0 aliphatic carbocycles. The molecule has 0 saturated carbocycles. The zero-order chi connectivity index (χ0) is 23.9. The molecule has 4 rings (SSSR count). The van der Waals surface area contributed by atoms with Crippen LogP contribution in [0.4, 0.5) is 11.5 Å². The van der Waals surface area contributed by atoms with Gasteiger partial charge in [-0.1, -0.05) is 47.5 Å². The van der Waals surface area contributed by atoms with Gasteiger partial charge in [0.15, 0.2) is 5.82 Å². The number of methoxy groups -OCH3 is 1. The molecule has 0 atom stereocenters. The van der Waals surface area contributed by atoms with Gasteiger partial charge in [0.1, 0.15) is 5.15 Å². The van der Waals surface area contributed by atoms with Crippen molar-refractivity contribution in [3.63, 3.8) is 0 Å². The zero-order valence-electron chi connectivity index (χ0n) is 18.7. The fourth-order valence-electron chi connectivity index (χ4n) is 3.68. The van der Waals surface area contributed by atoms with Gasteiger partial charge in [0, 0.05) is 55.6 Å². The van der Waals surface area contributed by atoms with Crippen LogP contribution in [0, 0.1) is 0 Å². The SMILES string of the molecule is COc1ccc(NC(=O)c2ccnc(Cl)c2)c(N2CCN(C/C=C/c3ccc(Cl)cc3)CC2)n1. The number of piperazine rings is 1. The van der Waals surface area contributed by atoms with Gasteiger partial charge >= 0.3 is 0 Å². The van der Waals surface area contributed by atoms with Crippen LogP contribution in [0.3, 0.4) is 0 Å². The van der Waals surface area contributed by atoms with Gasteiger partial charge in [-0.05, 0) is 35.9 Å². The van der Waals surface area contributed by atoms with E-state index in [0.717, 1.165) is 43.3 Å². The van der Waals surface area contributed by atoms with Gasteiger partial charge in [-0.3, -0.25) is 9.69 Å². The first-order chi connectivity index (χ1) is 16.5. The van der Waals surface area contributed by atoms with Crippen LogP contribution in [-0.2, 0) is 0 Å². The van der Waals surface area contributed by atoms with Gasteiger partial charge in [0.25, 0.3) is 5.91 Å². The van der Waals surface area contributed by atoms with Crippen LogP contribution in [0.15, 0.2) is 60.8 Å². The molecule has 34 heavy (non-hydrogen) atoms. The van der Waals surface area contributed by atoms with Crippen molar-refractivity contribution in [2.45, 2.75) is 0 Å². The van der Waals surface area contributed by atoms with E-state index in [1.54, 1.807) is 19.2 Å². The first kappa shape index (κ1) is 24.0. The van der Waals surface area contributed by atoms with Gasteiger partial charge in [0.05, 0.1) is 12.8 Å². The molecule has 1 aromatic carbocycles. The minimum Gasteiger partial charge on any atom is -0.481 e. The molecule has 9 heteroatoms. The number of hydrogen-bond acceptors (Lipinski definition) is 6. The Morgan fingerprint density at radius 2 is 1.85 bits per heavy atom. The highest BCUT2D eigenvalue weighted by atomic mass is 35.5. The Labute approximate surface area is 209 Å². The Morgan fingerprint density at radius 3 is 2.56 bits per heavy atom. The lowest BCUT2D eigenvalue weighted by molar-refractivity contribution is 0.102. The molecule has 1 fully saturated rings. The van der Waals surface area contributed by atoms with Gasteiger partial charge in [-0.2, -0.15) is 4.98 Å². The number of benzene rings is 1. The summed E-state index contributed by atoms with van der Waals surface area (Å²) in [5.74, 6) is 0.904. The number of nitrogens with zero attached hydrogens (tertiary/aromatic N) is 4. The van der Waals surface area contributed by atoms with Gasteiger partial charge in [-0.15, -0.1) is 0 Å². The molecule has 176 valence electrons. The van der Waals surface area contributed by atoms with Crippen LogP contribution in [0.2, 0.25) is 10.2 Å². The van der Waals surface area contributed by atoms with E-state index < -0.39 is 0 Å². The van der Waals surface area contributed by atoms with E-state index in [4.69, 9.17) is 27.9 Å². The molecule has 1 aliphatic rings. The van der Waals surface area contributed by atoms with Gasteiger partial charge in [0.2, 0.25) is 5.88 Å². The molecule has 7 nitrogen and oxygen atoms in total. The number of nitrogens with one attached hydrogen (secondary N) is 1. The van der Waals surface area contributed by atoms with Crippen LogP contribution < -0.4 is 15.0 Å². The maximum Gasteiger partial charge on any atom is 0.255 e. The number of carbonyl (C=O) groups excluding carboxylic acids is 1. The summed E-state index contributed by atoms with van der Waals surface area (Å²) in [6.45, 7) is 4.15. The van der Waals surface area contributed by atoms with Crippen molar-refractivity contribution in [1.29, 1.82) is 0 Å². The van der Waals surface area contributed by atoms with Crippen LogP contribution >= 0.6 is 23.2 Å². The normalized spacial score (nSPS) is 14.4. The number of ether oxygens (including phenoxy) is 1. The standard InChI is InChI=1S/C25H25Cl2N5O2/c1-34-23-9-8-21(29-25(33)19-10-11-28-22(27)17-19)24(30-23)32-15-13-31(14-16-32)12-2-3-18-4-6-20(26)7-5-18/h2-11,17H,12-16H2,1H3,(H,29,33)/b3-2+. The zero-order valence-corrected chi connectivity index (χ0v) is 20.3. The van der Waals surface area contributed by atoms with Crippen LogP contribution in [0.1, 0.15) is 15.9 Å². The summed E-state index contributed by atoms with van der Waals surface area (Å²) in [7, 11) is 1.58. The van der Waals surface area contributed by atoms with Crippen molar-refractivity contribution < 1.29 is 9.53 Å².